The number of unbranched alkanes of at least 4 members (excludes halogenated alkanes) is 1. The van der Waals surface area contributed by atoms with Gasteiger partial charge in [-0.2, -0.15) is 0 Å². The van der Waals surface area contributed by atoms with E-state index in [1.807, 2.05) is 25.3 Å². The van der Waals surface area contributed by atoms with Gasteiger partial charge in [0.2, 0.25) is 0 Å². The van der Waals surface area contributed by atoms with Crippen LogP contribution in [0.15, 0.2) is 53.1 Å². The Morgan fingerprint density at radius 2 is 1.93 bits per heavy atom. The molecule has 2 heterocycles. The lowest BCUT2D eigenvalue weighted by atomic mass is 9.97. The molecular weight excluding hydrogens is 414 g/mol. The van der Waals surface area contributed by atoms with Crippen LogP contribution in [-0.4, -0.2) is 23.1 Å². The first-order valence-electron chi connectivity index (χ1n) is 9.74. The lowest BCUT2D eigenvalue weighted by molar-refractivity contribution is 0.343. The summed E-state index contributed by atoms with van der Waals surface area (Å²) in [6.07, 6.45) is 4.89. The summed E-state index contributed by atoms with van der Waals surface area (Å²) in [6.45, 7) is 3.33. The number of aromatic nitrogens is 2. The molecule has 0 aliphatic carbocycles. The molecule has 5 heteroatoms. The van der Waals surface area contributed by atoms with E-state index in [0.29, 0.717) is 6.61 Å². The van der Waals surface area contributed by atoms with Crippen LogP contribution in [0.4, 0.5) is 0 Å². The van der Waals surface area contributed by atoms with Gasteiger partial charge in [0.05, 0.1) is 17.8 Å². The maximum absolute atomic E-state index is 5.80. The molecule has 0 fully saturated rings. The average molecular weight is 438 g/mol. The van der Waals surface area contributed by atoms with Gasteiger partial charge in [0.15, 0.2) is 0 Å². The van der Waals surface area contributed by atoms with Gasteiger partial charge in [0.25, 0.3) is 0 Å². The fourth-order valence-electron chi connectivity index (χ4n) is 3.81. The molecule has 2 aromatic carbocycles. The monoisotopic (exact) mass is 437 g/mol. The minimum Gasteiger partial charge on any atom is -0.492 e. The number of para-hydroxylation sites is 1. The molecule has 2 aromatic heterocycles. The molecule has 0 saturated carbocycles. The number of aryl methyl sites for hydroxylation is 1. The summed E-state index contributed by atoms with van der Waals surface area (Å²) in [4.78, 5) is 8.27. The van der Waals surface area contributed by atoms with Crippen molar-refractivity contribution in [3.8, 4) is 17.0 Å². The van der Waals surface area contributed by atoms with Crippen LogP contribution in [-0.2, 0) is 6.42 Å². The second-order valence-corrected chi connectivity index (χ2v) is 7.68. The average Bonchev–Trinajstić information content (AvgIpc) is 3.08. The van der Waals surface area contributed by atoms with E-state index in [2.05, 4.69) is 56.2 Å². The number of hydrogen-bond donors (Lipinski definition) is 2. The van der Waals surface area contributed by atoms with Crippen molar-refractivity contribution in [1.82, 2.24) is 9.97 Å². The van der Waals surface area contributed by atoms with Crippen LogP contribution in [0.2, 0.25) is 0 Å². The summed E-state index contributed by atoms with van der Waals surface area (Å²) in [5.74, 6) is 0.823. The van der Waals surface area contributed by atoms with Crippen LogP contribution in [0.5, 0.6) is 5.75 Å². The number of rotatable bonds is 7. The van der Waals surface area contributed by atoms with Gasteiger partial charge in [0, 0.05) is 27.0 Å². The fraction of sp³-hybridized carbons (Fsp3) is 0.261. The fourth-order valence-corrected chi connectivity index (χ4v) is 4.28. The van der Waals surface area contributed by atoms with Crippen molar-refractivity contribution < 1.29 is 4.74 Å². The van der Waals surface area contributed by atoms with Crippen molar-refractivity contribution in [2.45, 2.75) is 26.2 Å². The Hall–Kier alpha value is -2.37. The van der Waals surface area contributed by atoms with Crippen LogP contribution in [0.1, 0.15) is 25.3 Å². The Kier molecular flexibility index (Phi) is 5.64. The van der Waals surface area contributed by atoms with Gasteiger partial charge >= 0.3 is 0 Å². The van der Waals surface area contributed by atoms with E-state index >= 15 is 0 Å². The quantitative estimate of drug-likeness (QED) is 0.357. The smallest absolute Gasteiger partial charge is 0.145 e. The van der Waals surface area contributed by atoms with Crippen LogP contribution in [0.3, 0.4) is 0 Å². The van der Waals surface area contributed by atoms with E-state index in [4.69, 9.17) is 10.5 Å². The summed E-state index contributed by atoms with van der Waals surface area (Å²) >= 11 is 3.70. The lowest BCUT2D eigenvalue weighted by Crippen LogP contribution is -1.99. The number of nitrogens with zero attached hydrogens (tertiary/aromatic N) is 1. The second-order valence-electron chi connectivity index (χ2n) is 6.83. The SMILES string of the molecule is CCOc1ccc(-c2[nH]c3c(Br)cccc3c2CCCCN)c2cccnc12. The number of nitrogens with two attached hydrogens (primary N) is 1. The Labute approximate surface area is 173 Å². The Morgan fingerprint density at radius 3 is 2.75 bits per heavy atom. The molecule has 0 aliphatic rings. The van der Waals surface area contributed by atoms with Crippen molar-refractivity contribution >= 4 is 37.7 Å². The zero-order valence-electron chi connectivity index (χ0n) is 16.0. The van der Waals surface area contributed by atoms with Gasteiger partial charge in [0.1, 0.15) is 11.3 Å². The van der Waals surface area contributed by atoms with Crippen molar-refractivity contribution in [1.29, 1.82) is 0 Å². The minimum absolute atomic E-state index is 0.620. The highest BCUT2D eigenvalue weighted by Crippen LogP contribution is 2.39. The van der Waals surface area contributed by atoms with Crippen molar-refractivity contribution in [3.63, 3.8) is 0 Å². The molecule has 0 unspecified atom stereocenters. The van der Waals surface area contributed by atoms with Crippen LogP contribution in [0.25, 0.3) is 33.1 Å². The van der Waals surface area contributed by atoms with E-state index in [-0.39, 0.29) is 0 Å². The second kappa shape index (κ2) is 8.33. The molecule has 0 aliphatic heterocycles. The van der Waals surface area contributed by atoms with Gasteiger partial charge in [-0.25, -0.2) is 0 Å². The number of pyridine rings is 1. The normalized spacial score (nSPS) is 11.4. The van der Waals surface area contributed by atoms with Crippen molar-refractivity contribution in [2.24, 2.45) is 5.73 Å². The first-order chi connectivity index (χ1) is 13.7. The number of nitrogens with one attached hydrogen (secondary N) is 1. The third-order valence-electron chi connectivity index (χ3n) is 5.07. The predicted molar refractivity (Wildman–Crippen MR) is 120 cm³/mol. The molecule has 4 nitrogen and oxygen atoms in total. The Bertz CT molecular complexity index is 1120. The van der Waals surface area contributed by atoms with Crippen LogP contribution in [0, 0.1) is 0 Å². The number of aromatic amines is 1. The number of fused-ring (bicyclic) bond motifs is 2. The molecule has 4 aromatic rings. The molecule has 144 valence electrons. The summed E-state index contributed by atoms with van der Waals surface area (Å²) in [5.41, 5.74) is 11.4. The van der Waals surface area contributed by atoms with Gasteiger partial charge in [-0.15, -0.1) is 0 Å². The number of hydrogen-bond acceptors (Lipinski definition) is 3. The minimum atomic E-state index is 0.620. The maximum Gasteiger partial charge on any atom is 0.145 e. The van der Waals surface area contributed by atoms with E-state index in [1.54, 1.807) is 0 Å². The van der Waals surface area contributed by atoms with Gasteiger partial charge in [-0.3, -0.25) is 4.98 Å². The molecule has 4 rings (SSSR count). The summed E-state index contributed by atoms with van der Waals surface area (Å²) in [7, 11) is 0. The summed E-state index contributed by atoms with van der Waals surface area (Å²) in [5, 5.41) is 2.35. The number of halogens is 1. The first kappa shape index (κ1) is 19.0. The van der Waals surface area contributed by atoms with E-state index < -0.39 is 0 Å². The van der Waals surface area contributed by atoms with E-state index in [1.165, 1.54) is 10.9 Å². The molecule has 0 saturated heterocycles. The molecule has 0 bridgehead atoms. The molecule has 28 heavy (non-hydrogen) atoms. The highest BCUT2D eigenvalue weighted by molar-refractivity contribution is 9.10. The standard InChI is InChI=1S/C23H24BrN3O/c1-2-28-20-12-11-18(17-9-6-14-26-23(17)20)21-15(7-3-4-13-25)16-8-5-10-19(24)22(16)27-21/h5-6,8-12,14,27H,2-4,7,13,25H2,1H3. The third kappa shape index (κ3) is 3.40. The first-order valence-corrected chi connectivity index (χ1v) is 10.5. The topological polar surface area (TPSA) is 63.9 Å². The number of ether oxygens (including phenoxy) is 1. The zero-order valence-corrected chi connectivity index (χ0v) is 17.6. The lowest BCUT2D eigenvalue weighted by Gasteiger charge is -2.12. The van der Waals surface area contributed by atoms with E-state index in [9.17, 15) is 0 Å². The molecular formula is C23H24BrN3O. The van der Waals surface area contributed by atoms with Crippen molar-refractivity contribution in [3.05, 3.63) is 58.7 Å². The molecule has 0 atom stereocenters. The molecule has 0 amide bonds. The highest BCUT2D eigenvalue weighted by Gasteiger charge is 2.18. The van der Waals surface area contributed by atoms with Crippen LogP contribution < -0.4 is 10.5 Å². The number of H-pyrrole nitrogens is 1. The predicted octanol–water partition coefficient (Wildman–Crippen LogP) is 5.83. The largest absolute Gasteiger partial charge is 0.492 e. The highest BCUT2D eigenvalue weighted by atomic mass is 79.9. The maximum atomic E-state index is 5.80. The summed E-state index contributed by atoms with van der Waals surface area (Å²) < 4.78 is 6.88. The summed E-state index contributed by atoms with van der Waals surface area (Å²) in [6, 6.07) is 14.6. The third-order valence-corrected chi connectivity index (χ3v) is 5.73. The molecule has 3 N–H and O–H groups in total. The van der Waals surface area contributed by atoms with Crippen LogP contribution >= 0.6 is 15.9 Å². The van der Waals surface area contributed by atoms with Gasteiger partial charge in [-0.1, -0.05) is 18.2 Å². The zero-order chi connectivity index (χ0) is 19.5. The Balaban J connectivity index is 1.95. The van der Waals surface area contributed by atoms with Gasteiger partial charge < -0.3 is 15.5 Å². The van der Waals surface area contributed by atoms with Gasteiger partial charge in [-0.05, 0) is 78.5 Å². The van der Waals surface area contributed by atoms with E-state index in [0.717, 1.165) is 63.7 Å². The number of benzene rings is 2. The molecule has 0 spiro atoms. The molecule has 0 radical (unpaired) electrons. The Morgan fingerprint density at radius 1 is 1.07 bits per heavy atom. The van der Waals surface area contributed by atoms with Crippen molar-refractivity contribution in [2.75, 3.05) is 13.2 Å².